The molecule has 2 atom stereocenters. The van der Waals surface area contributed by atoms with Crippen molar-refractivity contribution in [3.8, 4) is 0 Å². The van der Waals surface area contributed by atoms with Gasteiger partial charge in [0.15, 0.2) is 0 Å². The van der Waals surface area contributed by atoms with Crippen molar-refractivity contribution < 1.29 is 4.79 Å². The Kier molecular flexibility index (Phi) is 4.44. The molecule has 0 saturated carbocycles. The fourth-order valence-corrected chi connectivity index (χ4v) is 3.29. The number of carbonyl (C=O) groups is 1. The van der Waals surface area contributed by atoms with Crippen LogP contribution in [0.1, 0.15) is 32.6 Å². The van der Waals surface area contributed by atoms with E-state index >= 15 is 0 Å². The van der Waals surface area contributed by atoms with E-state index in [0.29, 0.717) is 5.92 Å². The number of anilines is 2. The van der Waals surface area contributed by atoms with Gasteiger partial charge in [0.05, 0.1) is 6.04 Å². The number of hydrogen-bond acceptors (Lipinski definition) is 3. The number of rotatable bonds is 3. The molecule has 4 heteroatoms. The molecule has 0 bridgehead atoms. The Morgan fingerprint density at radius 2 is 2.14 bits per heavy atom. The molecule has 0 aliphatic carbocycles. The van der Waals surface area contributed by atoms with E-state index in [1.807, 2.05) is 12.1 Å². The monoisotopic (exact) mass is 287 g/mol. The Morgan fingerprint density at radius 3 is 2.90 bits per heavy atom. The van der Waals surface area contributed by atoms with E-state index in [4.69, 9.17) is 0 Å². The Hall–Kier alpha value is -1.55. The zero-order chi connectivity index (χ0) is 14.7. The lowest BCUT2D eigenvalue weighted by atomic mass is 9.94. The zero-order valence-corrected chi connectivity index (χ0v) is 12.8. The summed E-state index contributed by atoms with van der Waals surface area (Å²) in [7, 11) is 0. The van der Waals surface area contributed by atoms with Crippen LogP contribution >= 0.6 is 0 Å². The summed E-state index contributed by atoms with van der Waals surface area (Å²) in [6.07, 6.45) is 4.62. The van der Waals surface area contributed by atoms with E-state index in [-0.39, 0.29) is 11.9 Å². The largest absolute Gasteiger partial charge is 0.371 e. The summed E-state index contributed by atoms with van der Waals surface area (Å²) in [5.41, 5.74) is 2.12. The smallest absolute Gasteiger partial charge is 0.241 e. The maximum absolute atomic E-state index is 12.4. The Labute approximate surface area is 126 Å². The first-order valence-electron chi connectivity index (χ1n) is 8.11. The molecule has 2 heterocycles. The number of nitrogens with one attached hydrogen (secondary N) is 2. The second-order valence-electron chi connectivity index (χ2n) is 6.37. The highest BCUT2D eigenvalue weighted by molar-refractivity contribution is 5.95. The average molecular weight is 287 g/mol. The van der Waals surface area contributed by atoms with Gasteiger partial charge in [-0.15, -0.1) is 0 Å². The molecular formula is C17H25N3O. The fraction of sp³-hybridized carbons (Fsp3) is 0.588. The summed E-state index contributed by atoms with van der Waals surface area (Å²) in [6, 6.07) is 8.17. The molecular weight excluding hydrogens is 262 g/mol. The maximum atomic E-state index is 12.4. The van der Waals surface area contributed by atoms with Crippen LogP contribution in [-0.2, 0) is 4.79 Å². The van der Waals surface area contributed by atoms with Gasteiger partial charge in [-0.25, -0.2) is 0 Å². The maximum Gasteiger partial charge on any atom is 0.241 e. The second-order valence-corrected chi connectivity index (χ2v) is 6.37. The van der Waals surface area contributed by atoms with Gasteiger partial charge in [-0.1, -0.05) is 13.0 Å². The van der Waals surface area contributed by atoms with Crippen LogP contribution in [0.2, 0.25) is 0 Å². The number of hydrogen-bond donors (Lipinski definition) is 2. The van der Waals surface area contributed by atoms with Gasteiger partial charge >= 0.3 is 0 Å². The normalized spacial score (nSPS) is 25.9. The molecule has 1 amide bonds. The summed E-state index contributed by atoms with van der Waals surface area (Å²) < 4.78 is 0. The van der Waals surface area contributed by atoms with Gasteiger partial charge in [0, 0.05) is 24.5 Å². The third kappa shape index (κ3) is 3.56. The molecule has 0 aromatic heterocycles. The van der Waals surface area contributed by atoms with E-state index in [9.17, 15) is 4.79 Å². The molecule has 2 saturated heterocycles. The molecule has 2 aliphatic heterocycles. The molecule has 0 radical (unpaired) electrons. The molecule has 1 aromatic rings. The molecule has 1 aromatic carbocycles. The van der Waals surface area contributed by atoms with Gasteiger partial charge < -0.3 is 15.5 Å². The molecule has 2 unspecified atom stereocenters. The standard InChI is InChI=1S/C17H25N3O/c1-13-7-8-18-16(11-13)17(21)19-14-5-4-6-15(12-14)20-9-2-3-10-20/h4-6,12-13,16,18H,2-3,7-11H2,1H3,(H,19,21). The van der Waals surface area contributed by atoms with Gasteiger partial charge in [0.1, 0.15) is 0 Å². The molecule has 21 heavy (non-hydrogen) atoms. The number of benzene rings is 1. The van der Waals surface area contributed by atoms with Crippen molar-refractivity contribution in [2.45, 2.75) is 38.6 Å². The van der Waals surface area contributed by atoms with Gasteiger partial charge in [-0.3, -0.25) is 4.79 Å². The Balaban J connectivity index is 1.64. The van der Waals surface area contributed by atoms with Crippen molar-refractivity contribution in [3.63, 3.8) is 0 Å². The van der Waals surface area contributed by atoms with Gasteiger partial charge in [0.25, 0.3) is 0 Å². The molecule has 2 fully saturated rings. The predicted octanol–water partition coefficient (Wildman–Crippen LogP) is 2.61. The van der Waals surface area contributed by atoms with Gasteiger partial charge in [-0.2, -0.15) is 0 Å². The Morgan fingerprint density at radius 1 is 1.33 bits per heavy atom. The van der Waals surface area contributed by atoms with Crippen LogP contribution in [0.3, 0.4) is 0 Å². The van der Waals surface area contributed by atoms with Crippen molar-refractivity contribution in [1.29, 1.82) is 0 Å². The number of nitrogens with zero attached hydrogens (tertiary/aromatic N) is 1. The highest BCUT2D eigenvalue weighted by atomic mass is 16.2. The first kappa shape index (κ1) is 14.4. The minimum absolute atomic E-state index is 0.0517. The van der Waals surface area contributed by atoms with Crippen LogP contribution < -0.4 is 15.5 Å². The minimum atomic E-state index is -0.0517. The van der Waals surface area contributed by atoms with Crippen molar-refractivity contribution in [1.82, 2.24) is 5.32 Å². The highest BCUT2D eigenvalue weighted by Crippen LogP contribution is 2.24. The fourth-order valence-electron chi connectivity index (χ4n) is 3.29. The molecule has 3 rings (SSSR count). The van der Waals surface area contributed by atoms with E-state index in [0.717, 1.165) is 38.2 Å². The van der Waals surface area contributed by atoms with Gasteiger partial charge in [0.2, 0.25) is 5.91 Å². The van der Waals surface area contributed by atoms with Crippen molar-refractivity contribution in [2.75, 3.05) is 29.9 Å². The molecule has 2 aliphatic rings. The summed E-state index contributed by atoms with van der Waals surface area (Å²) in [5, 5.41) is 6.38. The average Bonchev–Trinajstić information content (AvgIpc) is 3.02. The highest BCUT2D eigenvalue weighted by Gasteiger charge is 2.24. The summed E-state index contributed by atoms with van der Waals surface area (Å²) in [4.78, 5) is 14.7. The number of carbonyl (C=O) groups excluding carboxylic acids is 1. The zero-order valence-electron chi connectivity index (χ0n) is 12.8. The van der Waals surface area contributed by atoms with Crippen LogP contribution in [0.5, 0.6) is 0 Å². The van der Waals surface area contributed by atoms with Crippen LogP contribution in [-0.4, -0.2) is 31.6 Å². The van der Waals surface area contributed by atoms with Crippen LogP contribution in [0.15, 0.2) is 24.3 Å². The lowest BCUT2D eigenvalue weighted by Gasteiger charge is -2.27. The number of piperidine rings is 1. The van der Waals surface area contributed by atoms with Crippen LogP contribution in [0.25, 0.3) is 0 Å². The predicted molar refractivity (Wildman–Crippen MR) is 86.7 cm³/mol. The Bertz CT molecular complexity index is 497. The van der Waals surface area contributed by atoms with Crippen molar-refractivity contribution >= 4 is 17.3 Å². The second kappa shape index (κ2) is 6.48. The minimum Gasteiger partial charge on any atom is -0.371 e. The molecule has 4 nitrogen and oxygen atoms in total. The first-order chi connectivity index (χ1) is 10.2. The van der Waals surface area contributed by atoms with E-state index < -0.39 is 0 Å². The van der Waals surface area contributed by atoms with Crippen molar-refractivity contribution in [2.24, 2.45) is 5.92 Å². The first-order valence-corrected chi connectivity index (χ1v) is 8.11. The molecule has 0 spiro atoms. The van der Waals surface area contributed by atoms with Gasteiger partial charge in [-0.05, 0) is 56.3 Å². The summed E-state index contributed by atoms with van der Waals surface area (Å²) >= 11 is 0. The molecule has 114 valence electrons. The topological polar surface area (TPSA) is 44.4 Å². The summed E-state index contributed by atoms with van der Waals surface area (Å²) in [5.74, 6) is 0.720. The van der Waals surface area contributed by atoms with Crippen molar-refractivity contribution in [3.05, 3.63) is 24.3 Å². The van der Waals surface area contributed by atoms with E-state index in [2.05, 4.69) is 34.6 Å². The number of amides is 1. The molecule has 2 N–H and O–H groups in total. The quantitative estimate of drug-likeness (QED) is 0.898. The SMILES string of the molecule is CC1CCNC(C(=O)Nc2cccc(N3CCCC3)c2)C1. The lowest BCUT2D eigenvalue weighted by Crippen LogP contribution is -2.45. The van der Waals surface area contributed by atoms with E-state index in [1.165, 1.54) is 18.5 Å². The summed E-state index contributed by atoms with van der Waals surface area (Å²) in [6.45, 7) is 5.40. The van der Waals surface area contributed by atoms with E-state index in [1.54, 1.807) is 0 Å². The van der Waals surface area contributed by atoms with Crippen LogP contribution in [0.4, 0.5) is 11.4 Å². The third-order valence-corrected chi connectivity index (χ3v) is 4.57. The lowest BCUT2D eigenvalue weighted by molar-refractivity contribution is -0.119. The van der Waals surface area contributed by atoms with Crippen LogP contribution in [0, 0.1) is 5.92 Å². The third-order valence-electron chi connectivity index (χ3n) is 4.57.